The average molecular weight is 647 g/mol. The van der Waals surface area contributed by atoms with E-state index in [9.17, 15) is 28.4 Å². The van der Waals surface area contributed by atoms with E-state index in [-0.39, 0.29) is 36.4 Å². The van der Waals surface area contributed by atoms with Crippen LogP contribution in [0, 0.1) is 10.1 Å². The predicted molar refractivity (Wildman–Crippen MR) is 160 cm³/mol. The SMILES string of the molecule is O=[N+]([O-])c1cn(CCC(O)COc2ccc3c(c2)CCCCN3Cc2ccc(Oc3ccc(OC(F)(F)F)cc3)cc2)c(Cl)n1. The smallest absolute Gasteiger partial charge is 0.491 e. The number of alkyl halides is 3. The summed E-state index contributed by atoms with van der Waals surface area (Å²) in [7, 11) is 0. The summed E-state index contributed by atoms with van der Waals surface area (Å²) in [5.74, 6) is 0.922. The molecule has 0 spiro atoms. The van der Waals surface area contributed by atoms with Gasteiger partial charge < -0.3 is 34.3 Å². The van der Waals surface area contributed by atoms with Crippen molar-refractivity contribution in [2.45, 2.75) is 51.2 Å². The quantitative estimate of drug-likeness (QED) is 0.126. The number of imidazole rings is 1. The number of nitrogens with zero attached hydrogens (tertiary/aromatic N) is 4. The number of halogens is 4. The Kier molecular flexibility index (Phi) is 9.99. The van der Waals surface area contributed by atoms with Crippen LogP contribution in [-0.2, 0) is 19.5 Å². The molecule has 1 atom stereocenters. The number of aromatic nitrogens is 2. The predicted octanol–water partition coefficient (Wildman–Crippen LogP) is 7.31. The molecule has 2 heterocycles. The topological polar surface area (TPSA) is 112 Å². The van der Waals surface area contributed by atoms with Crippen LogP contribution in [-0.4, -0.2) is 45.2 Å². The normalized spacial score (nSPS) is 13.9. The average Bonchev–Trinajstić information content (AvgIpc) is 3.26. The van der Waals surface area contributed by atoms with Gasteiger partial charge in [-0.25, -0.2) is 0 Å². The standard InChI is InChI=1S/C31H30ClF3N4O6/c32-30-36-29(39(41)42)19-38(30)16-14-23(40)20-43-27-12-13-28-22(17-27)3-1-2-15-37(28)18-21-4-6-24(7-5-21)44-25-8-10-26(11-9-25)45-31(33,34)35/h4-13,17,19,23,40H,1-3,14-16,18,20H2. The Bertz CT molecular complexity index is 1600. The summed E-state index contributed by atoms with van der Waals surface area (Å²) in [6.45, 7) is 1.86. The number of aryl methyl sites for hydroxylation is 2. The largest absolute Gasteiger partial charge is 0.573 e. The highest BCUT2D eigenvalue weighted by Gasteiger charge is 2.31. The molecule has 1 aliphatic rings. The molecule has 14 heteroatoms. The van der Waals surface area contributed by atoms with Crippen LogP contribution in [0.25, 0.3) is 0 Å². The molecule has 4 aromatic rings. The molecule has 0 fully saturated rings. The van der Waals surface area contributed by atoms with Crippen molar-refractivity contribution in [2.75, 3.05) is 18.1 Å². The van der Waals surface area contributed by atoms with Gasteiger partial charge in [0.2, 0.25) is 0 Å². The number of benzene rings is 3. The maximum absolute atomic E-state index is 12.4. The van der Waals surface area contributed by atoms with E-state index in [4.69, 9.17) is 21.1 Å². The van der Waals surface area contributed by atoms with Crippen molar-refractivity contribution >= 4 is 23.1 Å². The van der Waals surface area contributed by atoms with Gasteiger partial charge in [0, 0.05) is 25.3 Å². The monoisotopic (exact) mass is 646 g/mol. The molecular formula is C31H30ClF3N4O6. The van der Waals surface area contributed by atoms with Gasteiger partial charge in [0.15, 0.2) is 0 Å². The van der Waals surface area contributed by atoms with Crippen LogP contribution in [0.1, 0.15) is 30.4 Å². The van der Waals surface area contributed by atoms with E-state index in [1.54, 1.807) is 0 Å². The van der Waals surface area contributed by atoms with Crippen LogP contribution in [0.2, 0.25) is 5.28 Å². The zero-order valence-electron chi connectivity index (χ0n) is 24.0. The lowest BCUT2D eigenvalue weighted by molar-refractivity contribution is -0.389. The maximum Gasteiger partial charge on any atom is 0.573 e. The third-order valence-electron chi connectivity index (χ3n) is 7.15. The van der Waals surface area contributed by atoms with E-state index in [1.165, 1.54) is 35.0 Å². The minimum atomic E-state index is -4.75. The molecule has 0 amide bonds. The number of fused-ring (bicyclic) bond motifs is 1. The van der Waals surface area contributed by atoms with Gasteiger partial charge in [-0.1, -0.05) is 12.1 Å². The minimum absolute atomic E-state index is 0.0125. The molecule has 3 aromatic carbocycles. The van der Waals surface area contributed by atoms with Gasteiger partial charge in [0.1, 0.15) is 35.8 Å². The fraction of sp³-hybridized carbons (Fsp3) is 0.323. The molecule has 0 aliphatic carbocycles. The van der Waals surface area contributed by atoms with E-state index in [0.29, 0.717) is 23.8 Å². The molecule has 5 rings (SSSR count). The summed E-state index contributed by atoms with van der Waals surface area (Å²) in [5, 5.41) is 21.3. The fourth-order valence-electron chi connectivity index (χ4n) is 4.98. The number of rotatable bonds is 12. The molecule has 0 bridgehead atoms. The summed E-state index contributed by atoms with van der Waals surface area (Å²) in [5.41, 5.74) is 3.32. The summed E-state index contributed by atoms with van der Waals surface area (Å²) in [6, 6.07) is 18.7. The number of nitro groups is 1. The van der Waals surface area contributed by atoms with Crippen molar-refractivity contribution in [3.05, 3.63) is 99.5 Å². The molecule has 0 radical (unpaired) electrons. The first kappa shape index (κ1) is 31.9. The van der Waals surface area contributed by atoms with Crippen molar-refractivity contribution in [1.29, 1.82) is 0 Å². The van der Waals surface area contributed by atoms with Crippen molar-refractivity contribution in [3.63, 3.8) is 0 Å². The van der Waals surface area contributed by atoms with E-state index < -0.39 is 17.4 Å². The van der Waals surface area contributed by atoms with Gasteiger partial charge in [-0.15, -0.1) is 13.2 Å². The molecule has 1 aromatic heterocycles. The second-order valence-electron chi connectivity index (χ2n) is 10.5. The number of aliphatic hydroxyl groups excluding tert-OH is 1. The Balaban J connectivity index is 1.15. The number of ether oxygens (including phenoxy) is 3. The third-order valence-corrected chi connectivity index (χ3v) is 7.46. The molecule has 1 N–H and O–H groups in total. The summed E-state index contributed by atoms with van der Waals surface area (Å²) < 4.78 is 54.1. The van der Waals surface area contributed by atoms with Gasteiger partial charge in [-0.05, 0) is 113 Å². The van der Waals surface area contributed by atoms with Crippen molar-refractivity contribution < 1.29 is 37.4 Å². The van der Waals surface area contributed by atoms with Gasteiger partial charge in [0.25, 0.3) is 0 Å². The summed E-state index contributed by atoms with van der Waals surface area (Å²) in [6.07, 6.45) is -1.12. The molecule has 0 saturated heterocycles. The maximum atomic E-state index is 12.4. The van der Waals surface area contributed by atoms with Crippen LogP contribution >= 0.6 is 11.6 Å². The minimum Gasteiger partial charge on any atom is -0.491 e. The summed E-state index contributed by atoms with van der Waals surface area (Å²) >= 11 is 5.94. The fourth-order valence-corrected chi connectivity index (χ4v) is 5.20. The van der Waals surface area contributed by atoms with Crippen molar-refractivity contribution in [1.82, 2.24) is 9.55 Å². The molecule has 238 valence electrons. The molecule has 1 unspecified atom stereocenters. The van der Waals surface area contributed by atoms with Gasteiger partial charge in [-0.3, -0.25) is 4.57 Å². The molecule has 45 heavy (non-hydrogen) atoms. The number of hydrogen-bond acceptors (Lipinski definition) is 8. The van der Waals surface area contributed by atoms with Crippen molar-refractivity contribution in [2.24, 2.45) is 0 Å². The highest BCUT2D eigenvalue weighted by molar-refractivity contribution is 6.28. The first-order valence-electron chi connectivity index (χ1n) is 14.2. The first-order valence-corrected chi connectivity index (χ1v) is 14.6. The van der Waals surface area contributed by atoms with E-state index >= 15 is 0 Å². The Morgan fingerprint density at radius 2 is 1.67 bits per heavy atom. The Hall–Kier alpha value is -4.49. The van der Waals surface area contributed by atoms with E-state index in [0.717, 1.165) is 42.6 Å². The second-order valence-corrected chi connectivity index (χ2v) is 10.8. The van der Waals surface area contributed by atoms with Crippen molar-refractivity contribution in [3.8, 4) is 23.0 Å². The lowest BCUT2D eigenvalue weighted by Crippen LogP contribution is -2.23. The molecular weight excluding hydrogens is 617 g/mol. The van der Waals surface area contributed by atoms with Gasteiger partial charge in [-0.2, -0.15) is 0 Å². The highest BCUT2D eigenvalue weighted by Crippen LogP contribution is 2.32. The third kappa shape index (κ3) is 9.02. The first-order chi connectivity index (χ1) is 21.5. The lowest BCUT2D eigenvalue weighted by atomic mass is 10.1. The molecule has 1 aliphatic heterocycles. The van der Waals surface area contributed by atoms with Gasteiger partial charge in [0.05, 0.1) is 6.10 Å². The zero-order chi connectivity index (χ0) is 32.0. The van der Waals surface area contributed by atoms with Gasteiger partial charge >= 0.3 is 17.5 Å². The Morgan fingerprint density at radius 1 is 1.00 bits per heavy atom. The highest BCUT2D eigenvalue weighted by atomic mass is 35.5. The van der Waals surface area contributed by atoms with Crippen LogP contribution < -0.4 is 19.1 Å². The zero-order valence-corrected chi connectivity index (χ0v) is 24.7. The van der Waals surface area contributed by atoms with Crippen LogP contribution in [0.3, 0.4) is 0 Å². The lowest BCUT2D eigenvalue weighted by Gasteiger charge is -2.25. The van der Waals surface area contributed by atoms with Crippen LogP contribution in [0.15, 0.2) is 72.9 Å². The van der Waals surface area contributed by atoms with Crippen LogP contribution in [0.4, 0.5) is 24.7 Å². The number of anilines is 1. The molecule has 0 saturated carbocycles. The Labute approximate surface area is 261 Å². The molecule has 10 nitrogen and oxygen atoms in total. The second kappa shape index (κ2) is 14.1. The van der Waals surface area contributed by atoms with E-state index in [2.05, 4.69) is 14.6 Å². The number of aliphatic hydroxyl groups is 1. The number of hydrogen-bond donors (Lipinski definition) is 1. The Morgan fingerprint density at radius 3 is 2.33 bits per heavy atom. The van der Waals surface area contributed by atoms with E-state index in [1.807, 2.05) is 42.5 Å². The van der Waals surface area contributed by atoms with Crippen LogP contribution in [0.5, 0.6) is 23.0 Å². The summed E-state index contributed by atoms with van der Waals surface area (Å²) in [4.78, 5) is 16.2.